The molecule has 5 rings (SSSR count). The second-order valence-electron chi connectivity index (χ2n) is 7.25. The zero-order valence-corrected chi connectivity index (χ0v) is 18.4. The third-order valence-electron chi connectivity index (χ3n) is 5.28. The number of rotatable bonds is 5. The van der Waals surface area contributed by atoms with Crippen molar-refractivity contribution in [3.8, 4) is 0 Å². The number of amides is 1. The number of aromatic nitrogens is 1. The largest absolute Gasteiger partial charge is 0.503 e. The Labute approximate surface area is 186 Å². The van der Waals surface area contributed by atoms with Crippen molar-refractivity contribution in [1.29, 1.82) is 0 Å². The minimum Gasteiger partial charge on any atom is -0.503 e. The number of carbonyl (C=O) groups is 2. The first-order valence-corrected chi connectivity index (χ1v) is 11.5. The van der Waals surface area contributed by atoms with Crippen molar-refractivity contribution >= 4 is 49.7 Å². The first-order valence-electron chi connectivity index (χ1n) is 9.78. The van der Waals surface area contributed by atoms with Gasteiger partial charge in [-0.05, 0) is 54.6 Å². The van der Waals surface area contributed by atoms with Crippen molar-refractivity contribution in [2.24, 2.45) is 0 Å². The lowest BCUT2D eigenvalue weighted by molar-refractivity contribution is -0.117. The molecule has 0 unspecified atom stereocenters. The van der Waals surface area contributed by atoms with Crippen molar-refractivity contribution in [2.75, 3.05) is 4.90 Å². The number of carbonyl (C=O) groups excluding carboxylic acids is 2. The highest BCUT2D eigenvalue weighted by Gasteiger charge is 2.47. The van der Waals surface area contributed by atoms with Gasteiger partial charge in [0, 0.05) is 0 Å². The van der Waals surface area contributed by atoms with Crippen molar-refractivity contribution in [3.05, 3.63) is 81.1 Å². The molecule has 4 heterocycles. The van der Waals surface area contributed by atoms with Gasteiger partial charge in [0.1, 0.15) is 17.6 Å². The second-order valence-corrected chi connectivity index (χ2v) is 9.20. The fourth-order valence-corrected chi connectivity index (χ4v) is 5.46. The highest BCUT2D eigenvalue weighted by atomic mass is 32.1. The number of fused-ring (bicyclic) bond motifs is 1. The van der Waals surface area contributed by atoms with E-state index in [0.717, 1.165) is 16.6 Å². The molecule has 4 aromatic rings. The molecule has 1 N–H and O–H groups in total. The minimum atomic E-state index is -0.887. The maximum atomic E-state index is 13.2. The Kier molecular flexibility index (Phi) is 4.75. The average Bonchev–Trinajstić information content (AvgIpc) is 3.54. The van der Waals surface area contributed by atoms with Crippen LogP contribution in [0.15, 0.2) is 63.6 Å². The predicted octanol–water partition coefficient (Wildman–Crippen LogP) is 5.60. The van der Waals surface area contributed by atoms with Crippen molar-refractivity contribution in [2.45, 2.75) is 26.3 Å². The topological polar surface area (TPSA) is 83.6 Å². The molecule has 1 aliphatic heterocycles. The number of furan rings is 1. The summed E-state index contributed by atoms with van der Waals surface area (Å²) in [5, 5.41) is 13.0. The van der Waals surface area contributed by atoms with Gasteiger partial charge in [0.2, 0.25) is 5.78 Å². The molecule has 0 radical (unpaired) electrons. The second kappa shape index (κ2) is 7.47. The van der Waals surface area contributed by atoms with Crippen LogP contribution in [0.25, 0.3) is 10.2 Å². The number of thiophene rings is 1. The number of hydrogen-bond donors (Lipinski definition) is 1. The smallest absolute Gasteiger partial charge is 0.296 e. The summed E-state index contributed by atoms with van der Waals surface area (Å²) in [5.41, 5.74) is 1.94. The summed E-state index contributed by atoms with van der Waals surface area (Å²) in [4.78, 5) is 32.9. The fourth-order valence-electron chi connectivity index (χ4n) is 3.72. The van der Waals surface area contributed by atoms with Crippen molar-refractivity contribution in [1.82, 2.24) is 4.98 Å². The summed E-state index contributed by atoms with van der Waals surface area (Å²) in [5.74, 6) is -0.562. The van der Waals surface area contributed by atoms with Gasteiger partial charge in [-0.15, -0.1) is 11.3 Å². The molecule has 0 fully saturated rings. The van der Waals surface area contributed by atoms with Crippen LogP contribution in [0.5, 0.6) is 0 Å². The lowest BCUT2D eigenvalue weighted by atomic mass is 10.0. The predicted molar refractivity (Wildman–Crippen MR) is 121 cm³/mol. The van der Waals surface area contributed by atoms with Crippen LogP contribution in [0, 0.1) is 6.92 Å². The molecule has 3 aromatic heterocycles. The van der Waals surface area contributed by atoms with Crippen LogP contribution >= 0.6 is 22.7 Å². The van der Waals surface area contributed by atoms with E-state index in [4.69, 9.17) is 4.42 Å². The van der Waals surface area contributed by atoms with E-state index in [0.29, 0.717) is 21.5 Å². The molecule has 1 aliphatic rings. The van der Waals surface area contributed by atoms with Gasteiger partial charge in [0.05, 0.1) is 20.7 Å². The van der Waals surface area contributed by atoms with E-state index in [1.165, 1.54) is 33.1 Å². The van der Waals surface area contributed by atoms with E-state index in [1.54, 1.807) is 36.6 Å². The first-order chi connectivity index (χ1) is 15.0. The van der Waals surface area contributed by atoms with Crippen LogP contribution in [0.3, 0.4) is 0 Å². The van der Waals surface area contributed by atoms with Gasteiger partial charge in [-0.3, -0.25) is 14.5 Å². The number of nitrogens with zero attached hydrogens (tertiary/aromatic N) is 2. The van der Waals surface area contributed by atoms with Crippen molar-refractivity contribution < 1.29 is 19.1 Å². The molecule has 6 nitrogen and oxygen atoms in total. The van der Waals surface area contributed by atoms with Crippen LogP contribution < -0.4 is 4.90 Å². The summed E-state index contributed by atoms with van der Waals surface area (Å²) in [6.07, 6.45) is 0.891. The molecule has 1 aromatic carbocycles. The number of aliphatic hydroxyl groups excluding tert-OH is 1. The Bertz CT molecular complexity index is 1350. The lowest BCUT2D eigenvalue weighted by Gasteiger charge is -2.22. The first kappa shape index (κ1) is 19.7. The zero-order chi connectivity index (χ0) is 21.7. The normalized spacial score (nSPS) is 16.6. The van der Waals surface area contributed by atoms with Gasteiger partial charge in [0.15, 0.2) is 10.9 Å². The van der Waals surface area contributed by atoms with Gasteiger partial charge in [0.25, 0.3) is 5.91 Å². The fraction of sp³-hybridized carbons (Fsp3) is 0.174. The van der Waals surface area contributed by atoms with Crippen LogP contribution in [0.4, 0.5) is 5.13 Å². The highest BCUT2D eigenvalue weighted by molar-refractivity contribution is 7.22. The van der Waals surface area contributed by atoms with Gasteiger partial charge in [-0.1, -0.05) is 30.4 Å². The third kappa shape index (κ3) is 3.19. The van der Waals surface area contributed by atoms with E-state index in [1.807, 2.05) is 18.2 Å². The van der Waals surface area contributed by atoms with E-state index in [-0.39, 0.29) is 5.57 Å². The summed E-state index contributed by atoms with van der Waals surface area (Å²) >= 11 is 2.61. The Morgan fingerprint density at radius 1 is 1.26 bits per heavy atom. The monoisotopic (exact) mass is 450 g/mol. The maximum Gasteiger partial charge on any atom is 0.296 e. The van der Waals surface area contributed by atoms with Gasteiger partial charge in [-0.2, -0.15) is 0 Å². The third-order valence-corrected chi connectivity index (χ3v) is 7.17. The molecule has 0 saturated heterocycles. The SMILES string of the molecule is CCc1ccc2nc(N3C(=O)C(O)=C(C(=O)c4cccs4)[C@@H]3c3ccc(C)o3)sc2c1. The maximum absolute atomic E-state index is 13.2. The van der Waals surface area contributed by atoms with Crippen LogP contribution in [0.1, 0.15) is 39.7 Å². The molecule has 0 saturated carbocycles. The highest BCUT2D eigenvalue weighted by Crippen LogP contribution is 2.44. The number of anilines is 1. The van der Waals surface area contributed by atoms with E-state index in [2.05, 4.69) is 11.9 Å². The molecule has 156 valence electrons. The van der Waals surface area contributed by atoms with Crippen LogP contribution in [-0.4, -0.2) is 21.8 Å². The van der Waals surface area contributed by atoms with Gasteiger partial charge >= 0.3 is 0 Å². The van der Waals surface area contributed by atoms with Crippen molar-refractivity contribution in [3.63, 3.8) is 0 Å². The Balaban J connectivity index is 1.66. The standard InChI is InChI=1S/C23H18N2O4S2/c1-3-13-7-8-14-17(11-13)31-23(24-14)25-19(15-9-6-12(2)29-15)18(21(27)22(25)28)20(26)16-5-4-10-30-16/h4-11,19,27H,3H2,1-2H3/t19-/m0/s1. The quantitative estimate of drug-likeness (QED) is 0.400. The molecule has 1 amide bonds. The number of ketones is 1. The molecule has 0 bridgehead atoms. The van der Waals surface area contributed by atoms with Crippen LogP contribution in [-0.2, 0) is 11.2 Å². The van der Waals surface area contributed by atoms with E-state index < -0.39 is 23.5 Å². The van der Waals surface area contributed by atoms with Crippen LogP contribution in [0.2, 0.25) is 0 Å². The van der Waals surface area contributed by atoms with E-state index in [9.17, 15) is 14.7 Å². The Hall–Kier alpha value is -3.23. The summed E-state index contributed by atoms with van der Waals surface area (Å²) in [6, 6.07) is 12.0. The molecule has 31 heavy (non-hydrogen) atoms. The molecule has 8 heteroatoms. The Morgan fingerprint density at radius 3 is 2.77 bits per heavy atom. The number of aliphatic hydroxyl groups is 1. The molecule has 1 atom stereocenters. The number of aryl methyl sites for hydroxylation is 2. The molecular weight excluding hydrogens is 432 g/mol. The van der Waals surface area contributed by atoms with E-state index >= 15 is 0 Å². The molecule has 0 aliphatic carbocycles. The number of hydrogen-bond acceptors (Lipinski definition) is 7. The number of thiazole rings is 1. The summed E-state index contributed by atoms with van der Waals surface area (Å²) < 4.78 is 6.75. The number of Topliss-reactive ketones (excluding diaryl/α,β-unsaturated/α-hetero) is 1. The average molecular weight is 451 g/mol. The molecular formula is C23H18N2O4S2. The lowest BCUT2D eigenvalue weighted by Crippen LogP contribution is -2.30. The summed E-state index contributed by atoms with van der Waals surface area (Å²) in [7, 11) is 0. The number of benzene rings is 1. The van der Waals surface area contributed by atoms with Gasteiger partial charge < -0.3 is 9.52 Å². The molecule has 0 spiro atoms. The van der Waals surface area contributed by atoms with Gasteiger partial charge in [-0.25, -0.2) is 4.98 Å². The zero-order valence-electron chi connectivity index (χ0n) is 16.8. The Morgan fingerprint density at radius 2 is 2.10 bits per heavy atom. The minimum absolute atomic E-state index is 0.00954. The summed E-state index contributed by atoms with van der Waals surface area (Å²) in [6.45, 7) is 3.87.